The van der Waals surface area contributed by atoms with E-state index in [1.807, 2.05) is 0 Å². The lowest BCUT2D eigenvalue weighted by Gasteiger charge is -2.14. The van der Waals surface area contributed by atoms with Gasteiger partial charge in [-0.3, -0.25) is 4.79 Å². The van der Waals surface area contributed by atoms with Crippen molar-refractivity contribution in [1.82, 2.24) is 19.7 Å². The topological polar surface area (TPSA) is 51.0 Å². The zero-order valence-corrected chi connectivity index (χ0v) is 10.7. The van der Waals surface area contributed by atoms with Gasteiger partial charge in [-0.2, -0.15) is 18.3 Å². The second-order valence-corrected chi connectivity index (χ2v) is 4.20. The Morgan fingerprint density at radius 3 is 2.50 bits per heavy atom. The van der Waals surface area contributed by atoms with Crippen molar-refractivity contribution in [3.8, 4) is 5.82 Å². The number of halogens is 3. The summed E-state index contributed by atoms with van der Waals surface area (Å²) in [7, 11) is 2.75. The smallest absolute Gasteiger partial charge is 0.345 e. The van der Waals surface area contributed by atoms with Crippen molar-refractivity contribution >= 4 is 5.91 Å². The van der Waals surface area contributed by atoms with E-state index in [2.05, 4.69) is 10.1 Å². The standard InChI is InChI=1S/C12H11F3N4O/c1-18(2)11(20)8-7-17-19(10(8)12(13,14)15)9-5-3-4-6-16-9/h3-7H,1-2H3. The van der Waals surface area contributed by atoms with Crippen LogP contribution in [-0.2, 0) is 6.18 Å². The number of carbonyl (C=O) groups excluding carboxylic acids is 1. The van der Waals surface area contributed by atoms with Crippen molar-refractivity contribution in [3.05, 3.63) is 41.9 Å². The number of rotatable bonds is 2. The molecule has 1 amide bonds. The largest absolute Gasteiger partial charge is 0.434 e. The Morgan fingerprint density at radius 1 is 1.30 bits per heavy atom. The minimum absolute atomic E-state index is 0.00219. The molecular formula is C12H11F3N4O. The number of nitrogens with zero attached hydrogens (tertiary/aromatic N) is 4. The maximum absolute atomic E-state index is 13.2. The Kier molecular flexibility index (Phi) is 3.47. The lowest BCUT2D eigenvalue weighted by Crippen LogP contribution is -2.25. The van der Waals surface area contributed by atoms with Gasteiger partial charge in [-0.25, -0.2) is 9.67 Å². The minimum Gasteiger partial charge on any atom is -0.345 e. The average Bonchev–Trinajstić information content (AvgIpc) is 2.83. The van der Waals surface area contributed by atoms with Crippen LogP contribution in [0.15, 0.2) is 30.6 Å². The summed E-state index contributed by atoms with van der Waals surface area (Å²) in [5, 5.41) is 3.64. The predicted octanol–water partition coefficient (Wildman–Crippen LogP) is 1.99. The Balaban J connectivity index is 2.64. The fourth-order valence-electron chi connectivity index (χ4n) is 1.67. The molecule has 0 fully saturated rings. The van der Waals surface area contributed by atoms with Crippen molar-refractivity contribution in [3.63, 3.8) is 0 Å². The monoisotopic (exact) mass is 284 g/mol. The third kappa shape index (κ3) is 2.49. The Labute approximate surface area is 112 Å². The second-order valence-electron chi connectivity index (χ2n) is 4.20. The molecule has 0 unspecified atom stereocenters. The van der Waals surface area contributed by atoms with Crippen molar-refractivity contribution in [2.24, 2.45) is 0 Å². The number of amides is 1. The molecule has 8 heteroatoms. The molecule has 0 saturated carbocycles. The van der Waals surface area contributed by atoms with Gasteiger partial charge in [0, 0.05) is 20.3 Å². The maximum atomic E-state index is 13.2. The third-order valence-electron chi connectivity index (χ3n) is 2.54. The highest BCUT2D eigenvalue weighted by atomic mass is 19.4. The molecule has 0 atom stereocenters. The molecule has 0 aliphatic rings. The van der Waals surface area contributed by atoms with Crippen LogP contribution < -0.4 is 0 Å². The first kappa shape index (κ1) is 14.0. The van der Waals surface area contributed by atoms with Crippen molar-refractivity contribution in [1.29, 1.82) is 0 Å². The van der Waals surface area contributed by atoms with E-state index < -0.39 is 23.3 Å². The van der Waals surface area contributed by atoms with E-state index in [0.29, 0.717) is 4.68 Å². The molecule has 2 rings (SSSR count). The SMILES string of the molecule is CN(C)C(=O)c1cnn(-c2ccccn2)c1C(F)(F)F. The molecular weight excluding hydrogens is 273 g/mol. The van der Waals surface area contributed by atoms with Crippen LogP contribution in [0.25, 0.3) is 5.82 Å². The van der Waals surface area contributed by atoms with Crippen LogP contribution in [-0.4, -0.2) is 39.7 Å². The molecule has 2 aromatic rings. The van der Waals surface area contributed by atoms with E-state index in [-0.39, 0.29) is 5.82 Å². The van der Waals surface area contributed by atoms with Crippen LogP contribution in [0.3, 0.4) is 0 Å². The lowest BCUT2D eigenvalue weighted by molar-refractivity contribution is -0.143. The molecule has 0 aromatic carbocycles. The van der Waals surface area contributed by atoms with Gasteiger partial charge >= 0.3 is 6.18 Å². The van der Waals surface area contributed by atoms with Crippen LogP contribution in [0.1, 0.15) is 16.1 Å². The molecule has 106 valence electrons. The Hall–Kier alpha value is -2.38. The van der Waals surface area contributed by atoms with E-state index in [1.165, 1.54) is 32.4 Å². The van der Waals surface area contributed by atoms with Gasteiger partial charge < -0.3 is 4.90 Å². The molecule has 5 nitrogen and oxygen atoms in total. The lowest BCUT2D eigenvalue weighted by atomic mass is 10.2. The normalized spacial score (nSPS) is 11.4. The summed E-state index contributed by atoms with van der Waals surface area (Å²) in [5.74, 6) is -0.767. The van der Waals surface area contributed by atoms with Crippen molar-refractivity contribution in [2.45, 2.75) is 6.18 Å². The predicted molar refractivity (Wildman–Crippen MR) is 64.4 cm³/mol. The molecule has 0 bridgehead atoms. The summed E-state index contributed by atoms with van der Waals surface area (Å²) in [5.41, 5.74) is -1.64. The summed E-state index contributed by atoms with van der Waals surface area (Å²) in [6.07, 6.45) is -2.46. The Bertz CT molecular complexity index is 619. The van der Waals surface area contributed by atoms with Gasteiger partial charge in [0.15, 0.2) is 11.5 Å². The highest BCUT2D eigenvalue weighted by molar-refractivity contribution is 5.95. The quantitative estimate of drug-likeness (QED) is 0.847. The average molecular weight is 284 g/mol. The molecule has 0 radical (unpaired) electrons. The molecule has 0 saturated heterocycles. The van der Waals surface area contributed by atoms with Crippen LogP contribution in [0.4, 0.5) is 13.2 Å². The van der Waals surface area contributed by atoms with Gasteiger partial charge in [0.2, 0.25) is 0 Å². The van der Waals surface area contributed by atoms with Crippen molar-refractivity contribution in [2.75, 3.05) is 14.1 Å². The first-order valence-corrected chi connectivity index (χ1v) is 5.60. The van der Waals surface area contributed by atoms with Gasteiger partial charge in [0.1, 0.15) is 0 Å². The summed E-state index contributed by atoms with van der Waals surface area (Å²) in [6.45, 7) is 0. The molecule has 20 heavy (non-hydrogen) atoms. The van der Waals surface area contributed by atoms with Crippen LogP contribution >= 0.6 is 0 Å². The number of alkyl halides is 3. The van der Waals surface area contributed by atoms with E-state index >= 15 is 0 Å². The highest BCUT2D eigenvalue weighted by Gasteiger charge is 2.41. The van der Waals surface area contributed by atoms with Gasteiger partial charge in [-0.15, -0.1) is 0 Å². The number of hydrogen-bond donors (Lipinski definition) is 0. The third-order valence-corrected chi connectivity index (χ3v) is 2.54. The summed E-state index contributed by atoms with van der Waals surface area (Å²) in [6, 6.07) is 4.50. The summed E-state index contributed by atoms with van der Waals surface area (Å²) >= 11 is 0. The number of pyridine rings is 1. The molecule has 2 aromatic heterocycles. The molecule has 2 heterocycles. The number of carbonyl (C=O) groups is 1. The van der Waals surface area contributed by atoms with E-state index in [0.717, 1.165) is 11.1 Å². The Morgan fingerprint density at radius 2 is 2.00 bits per heavy atom. The first-order valence-electron chi connectivity index (χ1n) is 5.60. The summed E-state index contributed by atoms with van der Waals surface area (Å²) in [4.78, 5) is 16.7. The number of hydrogen-bond acceptors (Lipinski definition) is 3. The maximum Gasteiger partial charge on any atom is 0.434 e. The fraction of sp³-hybridized carbons (Fsp3) is 0.250. The van der Waals surface area contributed by atoms with Crippen LogP contribution in [0, 0.1) is 0 Å². The summed E-state index contributed by atoms with van der Waals surface area (Å²) < 4.78 is 40.2. The molecule has 0 aliphatic carbocycles. The van der Waals surface area contributed by atoms with Crippen LogP contribution in [0.2, 0.25) is 0 Å². The van der Waals surface area contributed by atoms with Gasteiger partial charge in [0.05, 0.1) is 11.8 Å². The van der Waals surface area contributed by atoms with Gasteiger partial charge in [0.25, 0.3) is 5.91 Å². The van der Waals surface area contributed by atoms with Crippen LogP contribution in [0.5, 0.6) is 0 Å². The number of aromatic nitrogens is 3. The second kappa shape index (κ2) is 4.95. The van der Waals surface area contributed by atoms with E-state index in [9.17, 15) is 18.0 Å². The van der Waals surface area contributed by atoms with Gasteiger partial charge in [-0.05, 0) is 12.1 Å². The minimum atomic E-state index is -4.71. The first-order chi connectivity index (χ1) is 9.32. The highest BCUT2D eigenvalue weighted by Crippen LogP contribution is 2.33. The van der Waals surface area contributed by atoms with Crippen molar-refractivity contribution < 1.29 is 18.0 Å². The van der Waals surface area contributed by atoms with Gasteiger partial charge in [-0.1, -0.05) is 6.07 Å². The fourth-order valence-corrected chi connectivity index (χ4v) is 1.67. The van der Waals surface area contributed by atoms with E-state index in [1.54, 1.807) is 6.07 Å². The molecule has 0 spiro atoms. The molecule has 0 aliphatic heterocycles. The van der Waals surface area contributed by atoms with E-state index in [4.69, 9.17) is 0 Å². The zero-order chi connectivity index (χ0) is 14.9. The molecule has 0 N–H and O–H groups in total. The zero-order valence-electron chi connectivity index (χ0n) is 10.7.